The molecule has 0 saturated carbocycles. The molecule has 0 saturated heterocycles. The molecule has 4 rings (SSSR count). The van der Waals surface area contributed by atoms with Crippen molar-refractivity contribution in [2.45, 2.75) is 31.9 Å². The van der Waals surface area contributed by atoms with Crippen molar-refractivity contribution in [3.63, 3.8) is 0 Å². The zero-order chi connectivity index (χ0) is 25.9. The molecule has 0 aliphatic rings. The fourth-order valence-corrected chi connectivity index (χ4v) is 4.86. The third kappa shape index (κ3) is 4.85. The lowest BCUT2D eigenvalue weighted by Gasteiger charge is -2.21. The molecule has 188 valence electrons. The van der Waals surface area contributed by atoms with Gasteiger partial charge in [-0.3, -0.25) is 14.3 Å². The van der Waals surface area contributed by atoms with Gasteiger partial charge in [0.05, 0.1) is 19.5 Å². The smallest absolute Gasteiger partial charge is 0.243 e. The number of aryl methyl sites for hydroxylation is 1. The summed E-state index contributed by atoms with van der Waals surface area (Å²) in [5.41, 5.74) is 1.95. The van der Waals surface area contributed by atoms with Crippen LogP contribution in [0.5, 0.6) is 11.5 Å². The van der Waals surface area contributed by atoms with Crippen molar-refractivity contribution in [2.24, 2.45) is 0 Å². The molecule has 1 aromatic carbocycles. The van der Waals surface area contributed by atoms with E-state index in [1.54, 1.807) is 73.5 Å². The van der Waals surface area contributed by atoms with E-state index < -0.39 is 21.2 Å². The normalized spacial score (nSPS) is 13.1. The van der Waals surface area contributed by atoms with E-state index >= 15 is 0 Å². The Balaban J connectivity index is 1.81. The van der Waals surface area contributed by atoms with Crippen LogP contribution in [0.3, 0.4) is 0 Å². The van der Waals surface area contributed by atoms with Gasteiger partial charge < -0.3 is 9.47 Å². The number of para-hydroxylation sites is 1. The zero-order valence-electron chi connectivity index (χ0n) is 20.6. The largest absolute Gasteiger partial charge is 0.494 e. The highest BCUT2D eigenvalue weighted by Gasteiger charge is 2.32. The first-order chi connectivity index (χ1) is 17.3. The van der Waals surface area contributed by atoms with Crippen LogP contribution in [0.15, 0.2) is 55.1 Å². The van der Waals surface area contributed by atoms with Crippen molar-refractivity contribution < 1.29 is 17.9 Å². The molecule has 0 spiro atoms. The molecule has 11 nitrogen and oxygen atoms in total. The molecule has 4 aromatic rings. The van der Waals surface area contributed by atoms with Crippen molar-refractivity contribution >= 4 is 16.0 Å². The molecular formula is C24H27N7O4S. The number of ether oxygens (including phenoxy) is 2. The van der Waals surface area contributed by atoms with Crippen molar-refractivity contribution in [1.82, 2.24) is 29.7 Å². The van der Waals surface area contributed by atoms with Gasteiger partial charge in [0.2, 0.25) is 16.0 Å². The molecule has 3 aromatic heterocycles. The number of nitrogens with zero attached hydrogens (tertiary/aromatic N) is 6. The number of hydrogen-bond acceptors (Lipinski definition) is 9. The van der Waals surface area contributed by atoms with Crippen LogP contribution < -0.4 is 14.2 Å². The Bertz CT molecular complexity index is 1420. The van der Waals surface area contributed by atoms with E-state index in [1.807, 2.05) is 6.92 Å². The Kier molecular flexibility index (Phi) is 7.15. The van der Waals surface area contributed by atoms with E-state index in [0.29, 0.717) is 34.4 Å². The van der Waals surface area contributed by atoms with Gasteiger partial charge in [-0.25, -0.2) is 18.4 Å². The highest BCUT2D eigenvalue weighted by Crippen LogP contribution is 2.38. The quantitative estimate of drug-likeness (QED) is 0.360. The number of sulfonamides is 1. The summed E-state index contributed by atoms with van der Waals surface area (Å²) in [5.74, 6) is 1.15. The van der Waals surface area contributed by atoms with Gasteiger partial charge >= 0.3 is 0 Å². The van der Waals surface area contributed by atoms with Crippen molar-refractivity contribution in [1.29, 1.82) is 0 Å². The number of hydrogen-bond donors (Lipinski definition) is 1. The van der Waals surface area contributed by atoms with E-state index in [2.05, 4.69) is 29.9 Å². The number of anilines is 1. The molecule has 0 radical (unpaired) electrons. The van der Waals surface area contributed by atoms with Gasteiger partial charge in [0, 0.05) is 36.3 Å². The SMILES string of the molecule is COc1cccc(OC)c1-n1c(NS(=O)(=O)[C@H](C)[C@@H](C)c2ncc(C)cn2)nnc1-c1cccnc1. The first-order valence-electron chi connectivity index (χ1n) is 11.1. The maximum absolute atomic E-state index is 13.5. The summed E-state index contributed by atoms with van der Waals surface area (Å²) in [4.78, 5) is 12.8. The number of methoxy groups -OCH3 is 2. The molecule has 0 bridgehead atoms. The second-order valence-corrected chi connectivity index (χ2v) is 10.2. The maximum Gasteiger partial charge on any atom is 0.243 e. The molecule has 0 fully saturated rings. The van der Waals surface area contributed by atoms with E-state index in [4.69, 9.17) is 9.47 Å². The highest BCUT2D eigenvalue weighted by molar-refractivity contribution is 7.93. The number of aromatic nitrogens is 6. The molecule has 0 unspecified atom stereocenters. The average Bonchev–Trinajstić information content (AvgIpc) is 3.30. The minimum absolute atomic E-state index is 0.0273. The first kappa shape index (κ1) is 25.0. The summed E-state index contributed by atoms with van der Waals surface area (Å²) in [5, 5.41) is 7.58. The topological polar surface area (TPSA) is 134 Å². The molecule has 1 N–H and O–H groups in total. The second kappa shape index (κ2) is 10.3. The predicted molar refractivity (Wildman–Crippen MR) is 135 cm³/mol. The van der Waals surface area contributed by atoms with Crippen LogP contribution in [0.1, 0.15) is 31.2 Å². The third-order valence-corrected chi connectivity index (χ3v) is 7.70. The minimum Gasteiger partial charge on any atom is -0.494 e. The number of nitrogens with one attached hydrogen (secondary N) is 1. The first-order valence-corrected chi connectivity index (χ1v) is 12.7. The second-order valence-electron chi connectivity index (χ2n) is 8.19. The fraction of sp³-hybridized carbons (Fsp3) is 0.292. The van der Waals surface area contributed by atoms with Crippen LogP contribution >= 0.6 is 0 Å². The molecule has 12 heteroatoms. The molecule has 0 aliphatic heterocycles. The summed E-state index contributed by atoms with van der Waals surface area (Å²) in [6.07, 6.45) is 6.57. The molecule has 0 aliphatic carbocycles. The zero-order valence-corrected chi connectivity index (χ0v) is 21.4. The number of benzene rings is 1. The fourth-order valence-electron chi connectivity index (χ4n) is 3.63. The highest BCUT2D eigenvalue weighted by atomic mass is 32.2. The standard InChI is InChI=1S/C24H27N7O4S/c1-15-12-26-22(27-13-15)16(2)17(3)36(32,33)30-24-29-28-23(18-8-7-11-25-14-18)31(24)21-19(34-4)9-6-10-20(21)35-5/h6-14,16-17H,1-5H3,(H,29,30)/t16-,17-/m1/s1. The van der Waals surface area contributed by atoms with E-state index in [0.717, 1.165) is 5.56 Å². The monoisotopic (exact) mass is 509 g/mol. The van der Waals surface area contributed by atoms with Gasteiger partial charge in [-0.2, -0.15) is 0 Å². The molecular weight excluding hydrogens is 482 g/mol. The lowest BCUT2D eigenvalue weighted by molar-refractivity contribution is 0.391. The van der Waals surface area contributed by atoms with Gasteiger partial charge in [-0.15, -0.1) is 10.2 Å². The summed E-state index contributed by atoms with van der Waals surface area (Å²) >= 11 is 0. The maximum atomic E-state index is 13.5. The predicted octanol–water partition coefficient (Wildman–Crippen LogP) is 3.38. The summed E-state index contributed by atoms with van der Waals surface area (Å²) < 4.78 is 42.3. The minimum atomic E-state index is -3.96. The van der Waals surface area contributed by atoms with Crippen LogP contribution in [-0.2, 0) is 10.0 Å². The molecule has 0 amide bonds. The Labute approximate surface area is 209 Å². The van der Waals surface area contributed by atoms with E-state index in [1.165, 1.54) is 14.2 Å². The van der Waals surface area contributed by atoms with Gasteiger partial charge in [-0.1, -0.05) is 13.0 Å². The van der Waals surface area contributed by atoms with Crippen molar-refractivity contribution in [3.05, 3.63) is 66.5 Å². The van der Waals surface area contributed by atoms with Crippen molar-refractivity contribution in [2.75, 3.05) is 18.9 Å². The van der Waals surface area contributed by atoms with Gasteiger partial charge in [0.25, 0.3) is 0 Å². The van der Waals surface area contributed by atoms with E-state index in [-0.39, 0.29) is 5.95 Å². The summed E-state index contributed by atoms with van der Waals surface area (Å²) in [6.45, 7) is 5.24. The Hall–Kier alpha value is -4.06. The van der Waals surface area contributed by atoms with Crippen LogP contribution in [0.4, 0.5) is 5.95 Å². The van der Waals surface area contributed by atoms with Crippen molar-refractivity contribution in [3.8, 4) is 28.6 Å². The Morgan fingerprint density at radius 3 is 2.19 bits per heavy atom. The Morgan fingerprint density at radius 1 is 0.944 bits per heavy atom. The van der Waals surface area contributed by atoms with Gasteiger partial charge in [-0.05, 0) is 43.7 Å². The lowest BCUT2D eigenvalue weighted by atomic mass is 10.1. The molecule has 2 atom stereocenters. The van der Waals surface area contributed by atoms with Crippen LogP contribution in [0.2, 0.25) is 0 Å². The van der Waals surface area contributed by atoms with Crippen LogP contribution in [0, 0.1) is 6.92 Å². The summed E-state index contributed by atoms with van der Waals surface area (Å²) in [7, 11) is -0.929. The number of rotatable bonds is 9. The van der Waals surface area contributed by atoms with E-state index in [9.17, 15) is 8.42 Å². The molecule has 36 heavy (non-hydrogen) atoms. The lowest BCUT2D eigenvalue weighted by Crippen LogP contribution is -2.31. The third-order valence-electron chi connectivity index (χ3n) is 5.84. The molecule has 3 heterocycles. The average molecular weight is 510 g/mol. The van der Waals surface area contributed by atoms with Gasteiger partial charge in [0.1, 0.15) is 23.0 Å². The van der Waals surface area contributed by atoms with Crippen LogP contribution in [0.25, 0.3) is 17.1 Å². The summed E-state index contributed by atoms with van der Waals surface area (Å²) in [6, 6.07) is 8.80. The van der Waals surface area contributed by atoms with Crippen LogP contribution in [-0.4, -0.2) is 57.6 Å². The number of pyridine rings is 1. The Morgan fingerprint density at radius 2 is 1.61 bits per heavy atom. The van der Waals surface area contributed by atoms with Gasteiger partial charge in [0.15, 0.2) is 5.82 Å².